The number of hydrogen-bond acceptors (Lipinski definition) is 9. The Hall–Kier alpha value is -2.31. The van der Waals surface area contributed by atoms with Crippen molar-refractivity contribution in [3.05, 3.63) is 11.6 Å². The van der Waals surface area contributed by atoms with Crippen LogP contribution in [0.5, 0.6) is 0 Å². The van der Waals surface area contributed by atoms with Crippen LogP contribution in [-0.2, 0) is 33.5 Å². The number of ether oxygens (including phenoxy) is 1. The molecule has 0 aromatic rings. The molecule has 2 saturated heterocycles. The number of carboxylic acids is 1. The lowest BCUT2D eigenvalue weighted by Gasteiger charge is -2.53. The Labute approximate surface area is 184 Å². The molecule has 2 heterocycles. The summed E-state index contributed by atoms with van der Waals surface area (Å²) in [6.45, 7) is -0.139. The SMILES string of the molecule is CON=C(Cl)C(=O)C(C(=O)NC1C(=O)N2CC(C=CCl)(C(=O)O)CS[C@H]12)C(=O)OC. The molecular weight excluding hydrogens is 465 g/mol. The van der Waals surface area contributed by atoms with E-state index in [2.05, 4.69) is 20.0 Å². The summed E-state index contributed by atoms with van der Waals surface area (Å²) in [4.78, 5) is 66.5. The predicted octanol–water partition coefficient (Wildman–Crippen LogP) is -0.233. The zero-order chi connectivity index (χ0) is 22.6. The number of nitrogens with zero attached hydrogens (tertiary/aromatic N) is 2. The van der Waals surface area contributed by atoms with Crippen molar-refractivity contribution < 1.29 is 38.7 Å². The Balaban J connectivity index is 2.15. The van der Waals surface area contributed by atoms with Crippen molar-refractivity contribution in [2.45, 2.75) is 11.4 Å². The Morgan fingerprint density at radius 3 is 2.60 bits per heavy atom. The molecule has 3 unspecified atom stereocenters. The Morgan fingerprint density at radius 2 is 2.07 bits per heavy atom. The maximum atomic E-state index is 12.6. The van der Waals surface area contributed by atoms with Gasteiger partial charge in [-0.2, -0.15) is 0 Å². The van der Waals surface area contributed by atoms with E-state index in [4.69, 9.17) is 23.2 Å². The van der Waals surface area contributed by atoms with E-state index in [-0.39, 0.29) is 12.3 Å². The van der Waals surface area contributed by atoms with Gasteiger partial charge in [-0.1, -0.05) is 34.4 Å². The molecule has 30 heavy (non-hydrogen) atoms. The number of nitrogens with one attached hydrogen (secondary N) is 1. The topological polar surface area (TPSA) is 152 Å². The number of carbonyl (C=O) groups excluding carboxylic acids is 4. The highest BCUT2D eigenvalue weighted by Crippen LogP contribution is 2.43. The minimum absolute atomic E-state index is 0.0953. The first-order valence-electron chi connectivity index (χ1n) is 8.26. The average Bonchev–Trinajstić information content (AvgIpc) is 2.72. The summed E-state index contributed by atoms with van der Waals surface area (Å²) in [7, 11) is 2.09. The molecule has 14 heteroatoms. The lowest BCUT2D eigenvalue weighted by atomic mass is 9.87. The molecule has 11 nitrogen and oxygen atoms in total. The second-order valence-electron chi connectivity index (χ2n) is 6.29. The zero-order valence-corrected chi connectivity index (χ0v) is 18.0. The number of β-lactam (4-membered cyclic amide) rings is 1. The van der Waals surface area contributed by atoms with Crippen LogP contribution in [-0.4, -0.2) is 82.6 Å². The van der Waals surface area contributed by atoms with Gasteiger partial charge in [0.2, 0.25) is 28.7 Å². The van der Waals surface area contributed by atoms with Crippen LogP contribution in [0.1, 0.15) is 0 Å². The number of methoxy groups -OCH3 is 1. The van der Waals surface area contributed by atoms with Crippen LogP contribution in [0.3, 0.4) is 0 Å². The molecule has 0 saturated carbocycles. The van der Waals surface area contributed by atoms with Gasteiger partial charge in [-0.15, -0.1) is 11.8 Å². The van der Waals surface area contributed by atoms with E-state index in [1.807, 2.05) is 0 Å². The second kappa shape index (κ2) is 9.67. The van der Waals surface area contributed by atoms with Crippen molar-refractivity contribution in [2.75, 3.05) is 26.5 Å². The molecule has 0 radical (unpaired) electrons. The largest absolute Gasteiger partial charge is 0.481 e. The molecule has 2 N–H and O–H groups in total. The number of rotatable bonds is 8. The first-order valence-corrected chi connectivity index (χ1v) is 10.1. The lowest BCUT2D eigenvalue weighted by Crippen LogP contribution is -2.74. The van der Waals surface area contributed by atoms with Gasteiger partial charge in [0, 0.05) is 17.8 Å². The fraction of sp³-hybridized carbons (Fsp3) is 0.500. The number of thioether (sulfide) groups is 1. The highest BCUT2D eigenvalue weighted by Gasteiger charge is 2.57. The monoisotopic (exact) mass is 481 g/mol. The van der Waals surface area contributed by atoms with E-state index < -0.39 is 57.5 Å². The van der Waals surface area contributed by atoms with Gasteiger partial charge in [-0.05, 0) is 0 Å². The second-order valence-corrected chi connectivity index (χ2v) is 8.01. The van der Waals surface area contributed by atoms with Gasteiger partial charge < -0.3 is 24.9 Å². The molecule has 0 bridgehead atoms. The van der Waals surface area contributed by atoms with E-state index >= 15 is 0 Å². The molecule has 2 amide bonds. The molecule has 164 valence electrons. The molecule has 0 aliphatic carbocycles. The molecule has 4 atom stereocenters. The minimum Gasteiger partial charge on any atom is -0.481 e. The fourth-order valence-corrected chi connectivity index (χ4v) is 4.88. The summed E-state index contributed by atoms with van der Waals surface area (Å²) in [6, 6.07) is -1.06. The molecule has 2 aliphatic rings. The molecule has 2 fully saturated rings. The van der Waals surface area contributed by atoms with E-state index in [1.165, 1.54) is 11.0 Å². The van der Waals surface area contributed by atoms with E-state index in [9.17, 15) is 29.1 Å². The van der Waals surface area contributed by atoms with Gasteiger partial charge in [-0.25, -0.2) is 0 Å². The summed E-state index contributed by atoms with van der Waals surface area (Å²) >= 11 is 12.3. The van der Waals surface area contributed by atoms with Crippen LogP contribution in [0.25, 0.3) is 0 Å². The number of carboxylic acid groups (broad SMARTS) is 1. The third kappa shape index (κ3) is 4.40. The average molecular weight is 482 g/mol. The van der Waals surface area contributed by atoms with Gasteiger partial charge >= 0.3 is 11.9 Å². The number of carbonyl (C=O) groups is 5. The van der Waals surface area contributed by atoms with Gasteiger partial charge in [0.25, 0.3) is 0 Å². The van der Waals surface area contributed by atoms with Gasteiger partial charge in [0.05, 0.1) is 7.11 Å². The van der Waals surface area contributed by atoms with Gasteiger partial charge in [0.15, 0.2) is 0 Å². The van der Waals surface area contributed by atoms with Crippen molar-refractivity contribution in [3.8, 4) is 0 Å². The van der Waals surface area contributed by atoms with Crippen molar-refractivity contribution in [1.29, 1.82) is 0 Å². The highest BCUT2D eigenvalue weighted by atomic mass is 35.5. The van der Waals surface area contributed by atoms with Crippen molar-refractivity contribution >= 4 is 69.7 Å². The van der Waals surface area contributed by atoms with Crippen LogP contribution in [0.15, 0.2) is 16.8 Å². The third-order valence-electron chi connectivity index (χ3n) is 4.55. The summed E-state index contributed by atoms with van der Waals surface area (Å²) in [5.74, 6) is -7.08. The quantitative estimate of drug-likeness (QED) is 0.157. The first-order chi connectivity index (χ1) is 14.1. The summed E-state index contributed by atoms with van der Waals surface area (Å²) in [5.41, 5.74) is -0.279. The van der Waals surface area contributed by atoms with Crippen LogP contribution in [0.4, 0.5) is 0 Å². The molecule has 0 spiro atoms. The number of esters is 1. The minimum atomic E-state index is -1.99. The van der Waals surface area contributed by atoms with Crippen molar-refractivity contribution in [2.24, 2.45) is 16.5 Å². The zero-order valence-electron chi connectivity index (χ0n) is 15.7. The Kier molecular flexibility index (Phi) is 7.72. The maximum absolute atomic E-state index is 12.6. The first kappa shape index (κ1) is 24.0. The normalized spacial score (nSPS) is 27.0. The summed E-state index contributed by atoms with van der Waals surface area (Å²) < 4.78 is 4.47. The van der Waals surface area contributed by atoms with E-state index in [0.29, 0.717) is 0 Å². The lowest BCUT2D eigenvalue weighted by molar-refractivity contribution is -0.160. The number of halogens is 2. The Morgan fingerprint density at radius 1 is 1.40 bits per heavy atom. The number of fused-ring (bicyclic) bond motifs is 1. The molecule has 2 rings (SSSR count). The van der Waals surface area contributed by atoms with Gasteiger partial charge in [0.1, 0.15) is 23.9 Å². The highest BCUT2D eigenvalue weighted by molar-refractivity contribution is 8.00. The predicted molar refractivity (Wildman–Crippen MR) is 106 cm³/mol. The van der Waals surface area contributed by atoms with Crippen LogP contribution in [0.2, 0.25) is 0 Å². The molecular formula is C16H17Cl2N3O8S. The van der Waals surface area contributed by atoms with Crippen LogP contribution < -0.4 is 5.32 Å². The maximum Gasteiger partial charge on any atom is 0.326 e. The Bertz CT molecular complexity index is 835. The van der Waals surface area contributed by atoms with Crippen LogP contribution in [0, 0.1) is 11.3 Å². The number of ketones is 1. The number of Topliss-reactive ketones (excluding diaryl/α,β-unsaturated/α-hetero) is 1. The van der Waals surface area contributed by atoms with Crippen LogP contribution >= 0.6 is 35.0 Å². The fourth-order valence-electron chi connectivity index (χ4n) is 2.95. The van der Waals surface area contributed by atoms with Crippen molar-refractivity contribution in [3.63, 3.8) is 0 Å². The number of hydrogen-bond donors (Lipinski definition) is 2. The third-order valence-corrected chi connectivity index (χ3v) is 6.48. The van der Waals surface area contributed by atoms with Gasteiger partial charge in [-0.3, -0.25) is 24.0 Å². The molecule has 0 aromatic heterocycles. The van der Waals surface area contributed by atoms with E-state index in [1.54, 1.807) is 0 Å². The number of aliphatic carboxylic acids is 1. The summed E-state index contributed by atoms with van der Waals surface area (Å²) in [5, 5.41) is 13.7. The smallest absolute Gasteiger partial charge is 0.326 e. The number of amides is 2. The van der Waals surface area contributed by atoms with E-state index in [0.717, 1.165) is 31.5 Å². The number of oxime groups is 1. The molecule has 2 aliphatic heterocycles. The summed E-state index contributed by atoms with van der Waals surface area (Å²) in [6.07, 6.45) is 1.29. The molecule has 0 aromatic carbocycles. The van der Waals surface area contributed by atoms with Crippen molar-refractivity contribution in [1.82, 2.24) is 10.2 Å². The standard InChI is InChI=1S/C16H17Cl2N3O8S/c1-28-14(25)7(9(22)10(18)20-29-2)11(23)19-8-12(24)21-5-16(3-4-17,15(26)27)6-30-13(8)21/h3-4,7-8,13H,5-6H2,1-2H3,(H,19,23)(H,26,27)/t7?,8?,13-,16?/m1/s1.